The Morgan fingerprint density at radius 3 is 2.48 bits per heavy atom. The molecule has 4 nitrogen and oxygen atoms in total. The second kappa shape index (κ2) is 7.93. The molecule has 0 radical (unpaired) electrons. The van der Waals surface area contributed by atoms with Crippen LogP contribution in [-0.4, -0.2) is 50.1 Å². The average molecular weight is 315 g/mol. The van der Waals surface area contributed by atoms with Gasteiger partial charge in [0.2, 0.25) is 5.91 Å². The molecule has 1 aromatic rings. The first-order chi connectivity index (χ1) is 11.3. The smallest absolute Gasteiger partial charge is 0.234 e. The lowest BCUT2D eigenvalue weighted by Gasteiger charge is -2.38. The predicted octanol–water partition coefficient (Wildman–Crippen LogP) is 1.91. The van der Waals surface area contributed by atoms with Gasteiger partial charge in [-0.1, -0.05) is 49.6 Å². The third-order valence-electron chi connectivity index (χ3n) is 5.40. The fourth-order valence-corrected chi connectivity index (χ4v) is 3.98. The molecule has 2 N–H and O–H groups in total. The van der Waals surface area contributed by atoms with Crippen molar-refractivity contribution < 1.29 is 4.79 Å². The van der Waals surface area contributed by atoms with Crippen LogP contribution < -0.4 is 10.6 Å². The van der Waals surface area contributed by atoms with Crippen molar-refractivity contribution in [2.24, 2.45) is 0 Å². The van der Waals surface area contributed by atoms with Gasteiger partial charge in [0, 0.05) is 38.1 Å². The zero-order chi connectivity index (χ0) is 16.0. The highest BCUT2D eigenvalue weighted by Crippen LogP contribution is 2.38. The van der Waals surface area contributed by atoms with Crippen molar-refractivity contribution in [2.75, 3.05) is 39.3 Å². The molecule has 0 atom stereocenters. The van der Waals surface area contributed by atoms with Crippen LogP contribution >= 0.6 is 0 Å². The molecule has 3 rings (SSSR count). The van der Waals surface area contributed by atoms with Gasteiger partial charge in [-0.15, -0.1) is 0 Å². The number of piperazine rings is 1. The minimum absolute atomic E-state index is 0.138. The van der Waals surface area contributed by atoms with E-state index in [1.165, 1.54) is 37.7 Å². The van der Waals surface area contributed by atoms with Gasteiger partial charge in [-0.3, -0.25) is 9.69 Å². The van der Waals surface area contributed by atoms with Gasteiger partial charge in [0.25, 0.3) is 0 Å². The SMILES string of the molecule is O=C(CN1CCNCC1)NCC1(c2ccccc2)CCCCC1. The Hall–Kier alpha value is -1.39. The number of rotatable bonds is 5. The largest absolute Gasteiger partial charge is 0.354 e. The van der Waals surface area contributed by atoms with Crippen molar-refractivity contribution in [2.45, 2.75) is 37.5 Å². The van der Waals surface area contributed by atoms with Crippen molar-refractivity contribution in [1.29, 1.82) is 0 Å². The van der Waals surface area contributed by atoms with E-state index >= 15 is 0 Å². The van der Waals surface area contributed by atoms with Crippen LogP contribution in [0.25, 0.3) is 0 Å². The van der Waals surface area contributed by atoms with E-state index < -0.39 is 0 Å². The maximum atomic E-state index is 12.4. The molecule has 0 unspecified atom stereocenters. The molecule has 1 amide bonds. The molecule has 2 fully saturated rings. The first-order valence-corrected chi connectivity index (χ1v) is 9.04. The molecule has 1 heterocycles. The molecule has 1 saturated carbocycles. The lowest BCUT2D eigenvalue weighted by Crippen LogP contribution is -2.49. The normalized spacial score (nSPS) is 21.7. The number of hydrogen-bond acceptors (Lipinski definition) is 3. The number of benzene rings is 1. The molecule has 126 valence electrons. The summed E-state index contributed by atoms with van der Waals surface area (Å²) in [7, 11) is 0. The molecule has 1 aliphatic heterocycles. The van der Waals surface area contributed by atoms with Crippen molar-refractivity contribution in [3.05, 3.63) is 35.9 Å². The third-order valence-corrected chi connectivity index (χ3v) is 5.40. The van der Waals surface area contributed by atoms with Gasteiger partial charge in [0.05, 0.1) is 6.54 Å². The Morgan fingerprint density at radius 2 is 1.78 bits per heavy atom. The van der Waals surface area contributed by atoms with Gasteiger partial charge >= 0.3 is 0 Å². The van der Waals surface area contributed by atoms with Crippen LogP contribution in [0.1, 0.15) is 37.7 Å². The standard InChI is InChI=1S/C19H29N3O/c23-18(15-22-13-11-20-12-14-22)21-16-19(9-5-2-6-10-19)17-7-3-1-4-8-17/h1,3-4,7-8,20H,2,5-6,9-16H2,(H,21,23). The molecule has 4 heteroatoms. The first kappa shape index (κ1) is 16.5. The van der Waals surface area contributed by atoms with Crippen molar-refractivity contribution in [1.82, 2.24) is 15.5 Å². The molecule has 1 aromatic carbocycles. The van der Waals surface area contributed by atoms with E-state index in [4.69, 9.17) is 0 Å². The summed E-state index contributed by atoms with van der Waals surface area (Å²) < 4.78 is 0. The van der Waals surface area contributed by atoms with E-state index in [9.17, 15) is 4.79 Å². The van der Waals surface area contributed by atoms with Crippen molar-refractivity contribution in [3.63, 3.8) is 0 Å². The van der Waals surface area contributed by atoms with Crippen LogP contribution in [0.2, 0.25) is 0 Å². The van der Waals surface area contributed by atoms with E-state index in [0.29, 0.717) is 6.54 Å². The maximum Gasteiger partial charge on any atom is 0.234 e. The third kappa shape index (κ3) is 4.33. The second-order valence-corrected chi connectivity index (χ2v) is 7.01. The summed E-state index contributed by atoms with van der Waals surface area (Å²) in [5.74, 6) is 0.174. The fraction of sp³-hybridized carbons (Fsp3) is 0.632. The zero-order valence-electron chi connectivity index (χ0n) is 14.0. The molecule has 1 aliphatic carbocycles. The maximum absolute atomic E-state index is 12.4. The highest BCUT2D eigenvalue weighted by molar-refractivity contribution is 5.78. The van der Waals surface area contributed by atoms with Crippen molar-refractivity contribution >= 4 is 5.91 Å². The Balaban J connectivity index is 1.59. The van der Waals surface area contributed by atoms with Crippen LogP contribution in [0.3, 0.4) is 0 Å². The minimum Gasteiger partial charge on any atom is -0.354 e. The summed E-state index contributed by atoms with van der Waals surface area (Å²) in [4.78, 5) is 14.6. The Bertz CT molecular complexity index is 491. The van der Waals surface area contributed by atoms with Crippen LogP contribution in [0, 0.1) is 0 Å². The zero-order valence-corrected chi connectivity index (χ0v) is 14.0. The lowest BCUT2D eigenvalue weighted by molar-refractivity contribution is -0.122. The molecule has 0 spiro atoms. The Kier molecular flexibility index (Phi) is 5.68. The van der Waals surface area contributed by atoms with Gasteiger partial charge in [0.15, 0.2) is 0 Å². The van der Waals surface area contributed by atoms with Gasteiger partial charge in [-0.25, -0.2) is 0 Å². The number of carbonyl (C=O) groups is 1. The van der Waals surface area contributed by atoms with E-state index in [2.05, 4.69) is 45.9 Å². The predicted molar refractivity (Wildman–Crippen MR) is 93.5 cm³/mol. The monoisotopic (exact) mass is 315 g/mol. The van der Waals surface area contributed by atoms with Crippen LogP contribution in [0.5, 0.6) is 0 Å². The summed E-state index contributed by atoms with van der Waals surface area (Å²) >= 11 is 0. The molecule has 23 heavy (non-hydrogen) atoms. The van der Waals surface area contributed by atoms with Crippen LogP contribution in [0.4, 0.5) is 0 Å². The van der Waals surface area contributed by atoms with E-state index in [0.717, 1.165) is 32.7 Å². The topological polar surface area (TPSA) is 44.4 Å². The van der Waals surface area contributed by atoms with Gasteiger partial charge in [-0.05, 0) is 18.4 Å². The molecule has 0 aromatic heterocycles. The molecule has 2 aliphatic rings. The quantitative estimate of drug-likeness (QED) is 0.872. The van der Waals surface area contributed by atoms with Crippen LogP contribution in [0.15, 0.2) is 30.3 Å². The number of amides is 1. The number of carbonyl (C=O) groups excluding carboxylic acids is 1. The summed E-state index contributed by atoms with van der Waals surface area (Å²) in [6.45, 7) is 5.23. The van der Waals surface area contributed by atoms with Gasteiger partial charge in [0.1, 0.15) is 0 Å². The summed E-state index contributed by atoms with van der Waals surface area (Å²) in [5.41, 5.74) is 1.53. The second-order valence-electron chi connectivity index (χ2n) is 7.01. The van der Waals surface area contributed by atoms with E-state index in [1.54, 1.807) is 0 Å². The summed E-state index contributed by atoms with van der Waals surface area (Å²) in [6.07, 6.45) is 6.23. The highest BCUT2D eigenvalue weighted by atomic mass is 16.2. The number of hydrogen-bond donors (Lipinski definition) is 2. The summed E-state index contributed by atoms with van der Waals surface area (Å²) in [6, 6.07) is 10.8. The molecule has 0 bridgehead atoms. The molecular formula is C19H29N3O. The van der Waals surface area contributed by atoms with Crippen LogP contribution in [-0.2, 0) is 10.2 Å². The van der Waals surface area contributed by atoms with E-state index in [-0.39, 0.29) is 11.3 Å². The molecular weight excluding hydrogens is 286 g/mol. The number of nitrogens with one attached hydrogen (secondary N) is 2. The Morgan fingerprint density at radius 1 is 1.09 bits per heavy atom. The average Bonchev–Trinajstić information content (AvgIpc) is 2.62. The first-order valence-electron chi connectivity index (χ1n) is 9.04. The number of nitrogens with zero attached hydrogens (tertiary/aromatic N) is 1. The summed E-state index contributed by atoms with van der Waals surface area (Å²) in [5, 5.41) is 6.56. The highest BCUT2D eigenvalue weighted by Gasteiger charge is 2.34. The van der Waals surface area contributed by atoms with Crippen molar-refractivity contribution in [3.8, 4) is 0 Å². The lowest BCUT2D eigenvalue weighted by atomic mass is 9.69. The fourth-order valence-electron chi connectivity index (χ4n) is 3.98. The van der Waals surface area contributed by atoms with Gasteiger partial charge in [-0.2, -0.15) is 0 Å². The Labute approximate surface area is 139 Å². The van der Waals surface area contributed by atoms with E-state index in [1.807, 2.05) is 0 Å². The van der Waals surface area contributed by atoms with Gasteiger partial charge < -0.3 is 10.6 Å². The minimum atomic E-state index is 0.138. The molecule has 1 saturated heterocycles.